The van der Waals surface area contributed by atoms with Crippen molar-refractivity contribution in [2.45, 2.75) is 24.8 Å². The molecule has 5 rings (SSSR count). The Balaban J connectivity index is 1.44. The van der Waals surface area contributed by atoms with E-state index in [9.17, 15) is 9.18 Å². The molecule has 0 spiro atoms. The zero-order valence-corrected chi connectivity index (χ0v) is 17.8. The third kappa shape index (κ3) is 3.40. The highest BCUT2D eigenvalue weighted by Gasteiger charge is 2.14. The third-order valence-electron chi connectivity index (χ3n) is 4.75. The van der Waals surface area contributed by atoms with Gasteiger partial charge in [-0.15, -0.1) is 11.3 Å². The summed E-state index contributed by atoms with van der Waals surface area (Å²) < 4.78 is 15.2. The van der Waals surface area contributed by atoms with E-state index < -0.39 is 0 Å². The van der Waals surface area contributed by atoms with Gasteiger partial charge in [0.15, 0.2) is 5.16 Å². The summed E-state index contributed by atoms with van der Waals surface area (Å²) in [5.74, 6) is 0.922. The predicted octanol–water partition coefficient (Wildman–Crippen LogP) is 4.74. The summed E-state index contributed by atoms with van der Waals surface area (Å²) in [7, 11) is 0. The molecule has 0 atom stereocenters. The van der Waals surface area contributed by atoms with E-state index >= 15 is 0 Å². The van der Waals surface area contributed by atoms with Crippen molar-refractivity contribution in [3.63, 3.8) is 0 Å². The smallest absolute Gasteiger partial charge is 0.260 e. The first-order chi connectivity index (χ1) is 14.5. The number of thioether (sulfide) groups is 1. The van der Waals surface area contributed by atoms with Crippen molar-refractivity contribution in [1.29, 1.82) is 0 Å². The molecule has 150 valence electrons. The van der Waals surface area contributed by atoms with Crippen LogP contribution < -0.4 is 5.56 Å². The molecular formula is C21H16FN5OS2. The molecule has 1 N–H and O–H groups in total. The second-order valence-corrected chi connectivity index (χ2v) is 8.76. The van der Waals surface area contributed by atoms with Crippen LogP contribution in [0.5, 0.6) is 0 Å². The number of fused-ring (bicyclic) bond motifs is 2. The van der Waals surface area contributed by atoms with E-state index in [4.69, 9.17) is 0 Å². The van der Waals surface area contributed by atoms with Gasteiger partial charge in [-0.2, -0.15) is 0 Å². The van der Waals surface area contributed by atoms with E-state index in [1.165, 1.54) is 35.2 Å². The van der Waals surface area contributed by atoms with Gasteiger partial charge in [0.05, 0.1) is 11.1 Å². The van der Waals surface area contributed by atoms with E-state index in [-0.39, 0.29) is 11.4 Å². The molecule has 30 heavy (non-hydrogen) atoms. The molecule has 0 saturated heterocycles. The van der Waals surface area contributed by atoms with Gasteiger partial charge in [0.25, 0.3) is 5.56 Å². The summed E-state index contributed by atoms with van der Waals surface area (Å²) in [5, 5.41) is 2.95. The first kappa shape index (κ1) is 19.0. The second-order valence-electron chi connectivity index (χ2n) is 6.94. The Labute approximate surface area is 178 Å². The van der Waals surface area contributed by atoms with Crippen molar-refractivity contribution >= 4 is 39.1 Å². The van der Waals surface area contributed by atoms with E-state index in [1.807, 2.05) is 35.9 Å². The summed E-state index contributed by atoms with van der Waals surface area (Å²) in [6.07, 6.45) is 1.96. The Bertz CT molecular complexity index is 1450. The number of aromatic amines is 1. The second kappa shape index (κ2) is 7.33. The highest BCUT2D eigenvalue weighted by atomic mass is 32.2. The van der Waals surface area contributed by atoms with E-state index in [1.54, 1.807) is 12.1 Å². The topological polar surface area (TPSA) is 75.9 Å². The van der Waals surface area contributed by atoms with Gasteiger partial charge in [0.2, 0.25) is 5.78 Å². The number of hydrogen-bond acceptors (Lipinski definition) is 6. The predicted molar refractivity (Wildman–Crippen MR) is 118 cm³/mol. The molecule has 0 bridgehead atoms. The van der Waals surface area contributed by atoms with Crippen LogP contribution in [-0.2, 0) is 5.75 Å². The Hall–Kier alpha value is -3.04. The van der Waals surface area contributed by atoms with Crippen molar-refractivity contribution in [1.82, 2.24) is 24.3 Å². The molecule has 0 fully saturated rings. The molecule has 0 saturated carbocycles. The van der Waals surface area contributed by atoms with Gasteiger partial charge in [-0.25, -0.2) is 19.3 Å². The van der Waals surface area contributed by atoms with Crippen LogP contribution >= 0.6 is 23.1 Å². The highest BCUT2D eigenvalue weighted by molar-refractivity contribution is 7.98. The normalized spacial score (nSPS) is 11.6. The first-order valence-electron chi connectivity index (χ1n) is 9.20. The molecule has 4 heterocycles. The van der Waals surface area contributed by atoms with Crippen LogP contribution in [0, 0.1) is 19.7 Å². The zero-order chi connectivity index (χ0) is 20.8. The third-order valence-corrected chi connectivity index (χ3v) is 6.52. The summed E-state index contributed by atoms with van der Waals surface area (Å²) in [6.45, 7) is 3.96. The number of H-pyrrole nitrogens is 1. The van der Waals surface area contributed by atoms with Crippen molar-refractivity contribution in [2.75, 3.05) is 0 Å². The van der Waals surface area contributed by atoms with E-state index in [2.05, 4.69) is 19.9 Å². The minimum absolute atomic E-state index is 0.203. The minimum atomic E-state index is -0.309. The van der Waals surface area contributed by atoms with Crippen molar-refractivity contribution in [2.24, 2.45) is 0 Å². The summed E-state index contributed by atoms with van der Waals surface area (Å²) >= 11 is 2.82. The largest absolute Gasteiger partial charge is 0.301 e. The summed E-state index contributed by atoms with van der Waals surface area (Å²) in [4.78, 5) is 29.9. The number of benzene rings is 1. The van der Waals surface area contributed by atoms with Crippen molar-refractivity contribution in [3.8, 4) is 11.1 Å². The van der Waals surface area contributed by atoms with Gasteiger partial charge in [0, 0.05) is 34.3 Å². The number of thiophene rings is 1. The summed E-state index contributed by atoms with van der Waals surface area (Å²) in [6, 6.07) is 8.11. The molecule has 0 amide bonds. The number of imidazole rings is 1. The number of aromatic nitrogens is 5. The molecule has 6 nitrogen and oxygen atoms in total. The van der Waals surface area contributed by atoms with E-state index in [0.29, 0.717) is 26.9 Å². The van der Waals surface area contributed by atoms with Crippen LogP contribution in [0.2, 0.25) is 0 Å². The molecule has 0 unspecified atom stereocenters. The van der Waals surface area contributed by atoms with Crippen LogP contribution in [0.4, 0.5) is 4.39 Å². The van der Waals surface area contributed by atoms with E-state index in [0.717, 1.165) is 28.2 Å². The number of nitrogens with zero attached hydrogens (tertiary/aromatic N) is 4. The zero-order valence-electron chi connectivity index (χ0n) is 16.1. The van der Waals surface area contributed by atoms with Crippen molar-refractivity contribution in [3.05, 3.63) is 75.2 Å². The molecule has 4 aromatic heterocycles. The molecule has 9 heteroatoms. The average Bonchev–Trinajstić information content (AvgIpc) is 3.31. The maximum atomic E-state index is 13.2. The molecular weight excluding hydrogens is 421 g/mol. The average molecular weight is 438 g/mol. The minimum Gasteiger partial charge on any atom is -0.301 e. The quantitative estimate of drug-likeness (QED) is 0.325. The lowest BCUT2D eigenvalue weighted by Gasteiger charge is -2.01. The van der Waals surface area contributed by atoms with Gasteiger partial charge >= 0.3 is 0 Å². The fourth-order valence-corrected chi connectivity index (χ4v) is 5.12. The maximum absolute atomic E-state index is 13.2. The maximum Gasteiger partial charge on any atom is 0.260 e. The molecule has 5 aromatic rings. The molecule has 1 aromatic carbocycles. The van der Waals surface area contributed by atoms with Crippen LogP contribution in [0.1, 0.15) is 17.1 Å². The molecule has 0 aliphatic carbocycles. The summed E-state index contributed by atoms with van der Waals surface area (Å²) in [5.41, 5.74) is 4.21. The van der Waals surface area contributed by atoms with Crippen LogP contribution in [-0.4, -0.2) is 24.3 Å². The first-order valence-corrected chi connectivity index (χ1v) is 11.1. The number of aryl methyl sites for hydroxylation is 2. The fraction of sp³-hybridized carbons (Fsp3) is 0.143. The van der Waals surface area contributed by atoms with Crippen LogP contribution in [0.3, 0.4) is 0 Å². The fourth-order valence-electron chi connectivity index (χ4n) is 3.37. The SMILES string of the molecule is Cc1cc(C)n2cc(CSc3nc4scc(-c5ccc(F)cc5)c4c(=O)[nH]3)nc2n1. The Kier molecular flexibility index (Phi) is 4.63. The standard InChI is InChI=1S/C21H16FN5OS2/c1-11-7-12(2)27-8-15(24-20(27)23-11)9-30-21-25-18(28)17-16(10-29-19(17)26-21)13-3-5-14(22)6-4-13/h3-8,10H,9H2,1-2H3,(H,25,26,28). The van der Waals surface area contributed by atoms with Gasteiger partial charge in [-0.05, 0) is 37.6 Å². The molecule has 0 aliphatic rings. The lowest BCUT2D eigenvalue weighted by Crippen LogP contribution is -2.08. The van der Waals surface area contributed by atoms with Gasteiger partial charge in [-0.1, -0.05) is 23.9 Å². The number of hydrogen-bond donors (Lipinski definition) is 1. The number of nitrogens with one attached hydrogen (secondary N) is 1. The Morgan fingerprint density at radius 2 is 1.97 bits per heavy atom. The lowest BCUT2D eigenvalue weighted by molar-refractivity contribution is 0.628. The van der Waals surface area contributed by atoms with Gasteiger partial charge in [-0.3, -0.25) is 9.20 Å². The number of rotatable bonds is 4. The van der Waals surface area contributed by atoms with Crippen LogP contribution in [0.15, 0.2) is 51.9 Å². The molecule has 0 radical (unpaired) electrons. The van der Waals surface area contributed by atoms with Crippen LogP contribution in [0.25, 0.3) is 27.1 Å². The van der Waals surface area contributed by atoms with Gasteiger partial charge in [0.1, 0.15) is 10.6 Å². The lowest BCUT2D eigenvalue weighted by atomic mass is 10.1. The van der Waals surface area contributed by atoms with Gasteiger partial charge < -0.3 is 4.98 Å². The number of halogens is 1. The molecule has 0 aliphatic heterocycles. The monoisotopic (exact) mass is 437 g/mol. The van der Waals surface area contributed by atoms with Crippen molar-refractivity contribution < 1.29 is 4.39 Å². The Morgan fingerprint density at radius 3 is 2.77 bits per heavy atom. The highest BCUT2D eigenvalue weighted by Crippen LogP contribution is 2.32. The Morgan fingerprint density at radius 1 is 1.17 bits per heavy atom.